The zero-order valence-corrected chi connectivity index (χ0v) is 22.6. The first-order chi connectivity index (χ1) is 17.1. The van der Waals surface area contributed by atoms with E-state index in [9.17, 15) is 9.59 Å². The van der Waals surface area contributed by atoms with Crippen molar-refractivity contribution in [3.8, 4) is 11.1 Å². The molecular formula is C27H31Cl2N5O2. The smallest absolute Gasteiger partial charge is 0.250 e. The molecule has 0 saturated carbocycles. The Kier molecular flexibility index (Phi) is 9.43. The van der Waals surface area contributed by atoms with Crippen LogP contribution in [0, 0.1) is 0 Å². The number of amides is 2. The van der Waals surface area contributed by atoms with Gasteiger partial charge in [0, 0.05) is 66.3 Å². The van der Waals surface area contributed by atoms with Gasteiger partial charge in [-0.3, -0.25) is 9.59 Å². The summed E-state index contributed by atoms with van der Waals surface area (Å²) >= 11 is 12.4. The van der Waals surface area contributed by atoms with Crippen LogP contribution in [0.4, 0.5) is 5.69 Å². The largest absolute Gasteiger partial charge is 0.336 e. The molecule has 9 heteroatoms. The van der Waals surface area contributed by atoms with E-state index in [0.717, 1.165) is 16.7 Å². The van der Waals surface area contributed by atoms with Gasteiger partial charge in [-0.2, -0.15) is 0 Å². The topological polar surface area (TPSA) is 69.6 Å². The molecule has 1 heterocycles. The average Bonchev–Trinajstić information content (AvgIpc) is 2.87. The van der Waals surface area contributed by atoms with Gasteiger partial charge < -0.3 is 14.7 Å². The van der Waals surface area contributed by atoms with E-state index in [1.807, 2.05) is 31.3 Å². The SMILES string of the molecule is CC(C)N(C)CC(c1ccc(-c2cncnc2)cc1)C(C(=O)N(C)c1cc(Cl)cc(Cl)c1)N(C)C=O. The van der Waals surface area contributed by atoms with Gasteiger partial charge in [0.15, 0.2) is 0 Å². The van der Waals surface area contributed by atoms with Gasteiger partial charge in [-0.05, 0) is 50.2 Å². The van der Waals surface area contributed by atoms with Crippen LogP contribution in [0.25, 0.3) is 11.1 Å². The highest BCUT2D eigenvalue weighted by atomic mass is 35.5. The molecule has 0 bridgehead atoms. The van der Waals surface area contributed by atoms with E-state index in [-0.39, 0.29) is 17.9 Å². The second-order valence-electron chi connectivity index (χ2n) is 9.13. The highest BCUT2D eigenvalue weighted by Crippen LogP contribution is 2.31. The molecule has 2 atom stereocenters. The van der Waals surface area contributed by atoms with E-state index in [2.05, 4.69) is 28.7 Å². The first-order valence-electron chi connectivity index (χ1n) is 11.6. The standard InChI is InChI=1S/C27H31Cl2N5O2/c1-18(2)32(3)15-25(20-8-6-19(7-9-20)21-13-30-16-31-14-21)26(33(4)17-35)27(36)34(5)24-11-22(28)10-23(29)12-24/h6-14,16-18,25-26H,15H2,1-5H3. The molecule has 0 spiro atoms. The van der Waals surface area contributed by atoms with Crippen LogP contribution in [0.15, 0.2) is 61.2 Å². The normalized spacial score (nSPS) is 12.9. The lowest BCUT2D eigenvalue weighted by Crippen LogP contribution is -2.51. The predicted octanol–water partition coefficient (Wildman–Crippen LogP) is 4.99. The fraction of sp³-hybridized carbons (Fsp3) is 0.333. The molecule has 0 saturated heterocycles. The Morgan fingerprint density at radius 2 is 1.53 bits per heavy atom. The first kappa shape index (κ1) is 27.6. The maximum absolute atomic E-state index is 13.9. The molecule has 3 aromatic rings. The number of carbonyl (C=O) groups excluding carboxylic acids is 2. The Morgan fingerprint density at radius 1 is 0.944 bits per heavy atom. The Hall–Kier alpha value is -3.00. The van der Waals surface area contributed by atoms with Crippen molar-refractivity contribution in [3.05, 3.63) is 76.8 Å². The summed E-state index contributed by atoms with van der Waals surface area (Å²) in [5.41, 5.74) is 3.35. The van der Waals surface area contributed by atoms with Crippen LogP contribution in [-0.4, -0.2) is 71.9 Å². The molecule has 2 amide bonds. The number of aromatic nitrogens is 2. The summed E-state index contributed by atoms with van der Waals surface area (Å²) in [6, 6.07) is 12.4. The molecule has 36 heavy (non-hydrogen) atoms. The van der Waals surface area contributed by atoms with Crippen molar-refractivity contribution in [1.29, 1.82) is 0 Å². The van der Waals surface area contributed by atoms with Gasteiger partial charge in [0.05, 0.1) is 0 Å². The van der Waals surface area contributed by atoms with Crippen LogP contribution in [-0.2, 0) is 9.59 Å². The zero-order valence-electron chi connectivity index (χ0n) is 21.1. The molecule has 0 aliphatic rings. The third kappa shape index (κ3) is 6.60. The van der Waals surface area contributed by atoms with Crippen molar-refractivity contribution in [1.82, 2.24) is 19.8 Å². The molecule has 0 N–H and O–H groups in total. The number of nitrogens with zero attached hydrogens (tertiary/aromatic N) is 5. The van der Waals surface area contributed by atoms with E-state index < -0.39 is 6.04 Å². The quantitative estimate of drug-likeness (QED) is 0.347. The molecule has 190 valence electrons. The molecule has 0 radical (unpaired) electrons. The van der Waals surface area contributed by atoms with Crippen molar-refractivity contribution < 1.29 is 9.59 Å². The van der Waals surface area contributed by atoms with Crippen molar-refractivity contribution in [2.45, 2.75) is 31.8 Å². The van der Waals surface area contributed by atoms with Crippen molar-refractivity contribution in [2.75, 3.05) is 32.6 Å². The summed E-state index contributed by atoms with van der Waals surface area (Å²) in [5.74, 6) is -0.552. The van der Waals surface area contributed by atoms with Gasteiger partial charge in [-0.1, -0.05) is 47.5 Å². The second kappa shape index (κ2) is 12.3. The lowest BCUT2D eigenvalue weighted by molar-refractivity contribution is -0.131. The maximum atomic E-state index is 13.9. The Morgan fingerprint density at radius 3 is 2.06 bits per heavy atom. The molecule has 0 aliphatic carbocycles. The number of hydrogen-bond acceptors (Lipinski definition) is 5. The van der Waals surface area contributed by atoms with Gasteiger partial charge >= 0.3 is 0 Å². The first-order valence-corrected chi connectivity index (χ1v) is 12.3. The average molecular weight is 528 g/mol. The minimum absolute atomic E-state index is 0.245. The number of likely N-dealkylation sites (N-methyl/N-ethyl adjacent to an activating group) is 3. The monoisotopic (exact) mass is 527 g/mol. The minimum atomic E-state index is -0.766. The van der Waals surface area contributed by atoms with Crippen LogP contribution in [0.1, 0.15) is 25.3 Å². The Bertz CT molecular complexity index is 1150. The van der Waals surface area contributed by atoms with Crippen LogP contribution in [0.3, 0.4) is 0 Å². The van der Waals surface area contributed by atoms with Crippen LogP contribution in [0.2, 0.25) is 10.0 Å². The van der Waals surface area contributed by atoms with Gasteiger partial charge in [0.2, 0.25) is 12.3 Å². The molecule has 2 aromatic carbocycles. The van der Waals surface area contributed by atoms with E-state index in [1.165, 1.54) is 16.1 Å². The zero-order chi connectivity index (χ0) is 26.4. The van der Waals surface area contributed by atoms with Gasteiger partial charge in [-0.15, -0.1) is 0 Å². The highest BCUT2D eigenvalue weighted by molar-refractivity contribution is 6.35. The lowest BCUT2D eigenvalue weighted by Gasteiger charge is -2.37. The third-order valence-corrected chi connectivity index (χ3v) is 6.84. The molecule has 0 aliphatic heterocycles. The molecule has 3 rings (SSSR count). The third-order valence-electron chi connectivity index (χ3n) is 6.40. The lowest BCUT2D eigenvalue weighted by atomic mass is 9.87. The molecule has 2 unspecified atom stereocenters. The molecule has 0 fully saturated rings. The van der Waals surface area contributed by atoms with Crippen molar-refractivity contribution >= 4 is 41.2 Å². The fourth-order valence-electron chi connectivity index (χ4n) is 4.03. The summed E-state index contributed by atoms with van der Waals surface area (Å²) < 4.78 is 0. The van der Waals surface area contributed by atoms with Crippen LogP contribution < -0.4 is 4.90 Å². The molecule has 1 aromatic heterocycles. The molecular weight excluding hydrogens is 497 g/mol. The van der Waals surface area contributed by atoms with E-state index in [0.29, 0.717) is 28.7 Å². The summed E-state index contributed by atoms with van der Waals surface area (Å²) in [7, 11) is 5.31. The maximum Gasteiger partial charge on any atom is 0.250 e. The summed E-state index contributed by atoms with van der Waals surface area (Å²) in [6.07, 6.45) is 5.69. The summed E-state index contributed by atoms with van der Waals surface area (Å²) in [6.45, 7) is 4.75. The van der Waals surface area contributed by atoms with Crippen LogP contribution >= 0.6 is 23.2 Å². The number of hydrogen-bond donors (Lipinski definition) is 0. The van der Waals surface area contributed by atoms with E-state index in [1.54, 1.807) is 44.7 Å². The number of halogens is 2. The van der Waals surface area contributed by atoms with Crippen molar-refractivity contribution in [2.24, 2.45) is 0 Å². The highest BCUT2D eigenvalue weighted by Gasteiger charge is 2.36. The van der Waals surface area contributed by atoms with Gasteiger partial charge in [0.1, 0.15) is 12.4 Å². The Labute approximate surface area is 222 Å². The van der Waals surface area contributed by atoms with Gasteiger partial charge in [0.25, 0.3) is 0 Å². The van der Waals surface area contributed by atoms with Crippen molar-refractivity contribution in [3.63, 3.8) is 0 Å². The summed E-state index contributed by atoms with van der Waals surface area (Å²) in [4.78, 5) is 39.2. The van der Waals surface area contributed by atoms with E-state index >= 15 is 0 Å². The predicted molar refractivity (Wildman–Crippen MR) is 145 cm³/mol. The molecule has 7 nitrogen and oxygen atoms in total. The number of anilines is 1. The number of benzene rings is 2. The van der Waals surface area contributed by atoms with Gasteiger partial charge in [-0.25, -0.2) is 9.97 Å². The Balaban J connectivity index is 2.04. The number of carbonyl (C=O) groups is 2. The second-order valence-corrected chi connectivity index (χ2v) is 10.0. The number of rotatable bonds is 10. The van der Waals surface area contributed by atoms with E-state index in [4.69, 9.17) is 23.2 Å². The summed E-state index contributed by atoms with van der Waals surface area (Å²) in [5, 5.41) is 0.850. The minimum Gasteiger partial charge on any atom is -0.336 e. The fourth-order valence-corrected chi connectivity index (χ4v) is 4.55. The van der Waals surface area contributed by atoms with Crippen LogP contribution in [0.5, 0.6) is 0 Å².